The molecule has 2 aliphatic heterocycles. The molecule has 29 heavy (non-hydrogen) atoms. The predicted octanol–water partition coefficient (Wildman–Crippen LogP) is 2.29. The molecule has 1 aromatic carbocycles. The van der Waals surface area contributed by atoms with Gasteiger partial charge in [0.05, 0.1) is 0 Å². The molecule has 156 valence electrons. The van der Waals surface area contributed by atoms with Crippen molar-refractivity contribution in [3.05, 3.63) is 46.2 Å². The molecule has 6 heteroatoms. The number of aromatic amines is 1. The number of piperazine rings is 1. The second kappa shape index (κ2) is 9.09. The lowest BCUT2D eigenvalue weighted by Gasteiger charge is -2.34. The van der Waals surface area contributed by atoms with Crippen LogP contribution < -0.4 is 5.43 Å². The van der Waals surface area contributed by atoms with E-state index in [2.05, 4.69) is 21.8 Å². The number of nitrogens with one attached hydrogen (secondary N) is 1. The Labute approximate surface area is 172 Å². The van der Waals surface area contributed by atoms with Crippen molar-refractivity contribution in [1.82, 2.24) is 19.7 Å². The van der Waals surface area contributed by atoms with E-state index in [4.69, 9.17) is 0 Å². The Morgan fingerprint density at radius 3 is 2.76 bits per heavy atom. The van der Waals surface area contributed by atoms with Gasteiger partial charge in [0.25, 0.3) is 0 Å². The lowest BCUT2D eigenvalue weighted by atomic mass is 9.93. The topological polar surface area (TPSA) is 59.6 Å². The van der Waals surface area contributed by atoms with Crippen LogP contribution in [0.4, 0.5) is 0 Å². The average molecular weight is 397 g/mol. The van der Waals surface area contributed by atoms with Crippen LogP contribution in [-0.4, -0.2) is 71.9 Å². The third-order valence-corrected chi connectivity index (χ3v) is 6.41. The van der Waals surface area contributed by atoms with Crippen molar-refractivity contribution < 1.29 is 4.79 Å². The number of benzene rings is 1. The van der Waals surface area contributed by atoms with Gasteiger partial charge in [-0.1, -0.05) is 12.1 Å². The number of H-pyrrole nitrogens is 1. The van der Waals surface area contributed by atoms with Crippen LogP contribution in [0, 0.1) is 5.92 Å². The number of carbonyl (C=O) groups is 1. The van der Waals surface area contributed by atoms with E-state index >= 15 is 0 Å². The lowest BCUT2D eigenvalue weighted by Crippen LogP contribution is -2.47. The minimum absolute atomic E-state index is 0.0840. The van der Waals surface area contributed by atoms with Crippen molar-refractivity contribution in [3.8, 4) is 0 Å². The minimum atomic E-state index is 0.0840. The molecule has 0 spiro atoms. The quantitative estimate of drug-likeness (QED) is 0.843. The molecule has 2 aliphatic rings. The van der Waals surface area contributed by atoms with Crippen LogP contribution in [0.2, 0.25) is 0 Å². The van der Waals surface area contributed by atoms with Gasteiger partial charge in [0.15, 0.2) is 5.43 Å². The van der Waals surface area contributed by atoms with Crippen LogP contribution >= 0.6 is 0 Å². The minimum Gasteiger partial charge on any atom is -0.357 e. The Balaban J connectivity index is 1.30. The summed E-state index contributed by atoms with van der Waals surface area (Å²) in [6.45, 7) is 6.51. The molecule has 2 aromatic rings. The second-order valence-electron chi connectivity index (χ2n) is 8.67. The highest BCUT2D eigenvalue weighted by molar-refractivity contribution is 5.78. The first-order chi connectivity index (χ1) is 14.1. The summed E-state index contributed by atoms with van der Waals surface area (Å²) in [6, 6.07) is 9.42. The highest BCUT2D eigenvalue weighted by Crippen LogP contribution is 2.23. The number of nitrogens with zero attached hydrogens (tertiary/aromatic N) is 3. The van der Waals surface area contributed by atoms with E-state index in [0.29, 0.717) is 18.2 Å². The number of amides is 1. The number of pyridine rings is 1. The van der Waals surface area contributed by atoms with Crippen molar-refractivity contribution in [2.24, 2.45) is 5.92 Å². The first-order valence-corrected chi connectivity index (χ1v) is 10.9. The zero-order valence-electron chi connectivity index (χ0n) is 17.4. The number of rotatable bonds is 5. The number of likely N-dealkylation sites (tertiary alicyclic amines) is 1. The number of carbonyl (C=O) groups excluding carboxylic acids is 1. The Hall–Kier alpha value is -2.18. The highest BCUT2D eigenvalue weighted by Gasteiger charge is 2.23. The van der Waals surface area contributed by atoms with E-state index in [1.807, 2.05) is 29.2 Å². The van der Waals surface area contributed by atoms with Gasteiger partial charge in [-0.2, -0.15) is 0 Å². The van der Waals surface area contributed by atoms with Gasteiger partial charge in [-0.05, 0) is 50.9 Å². The maximum atomic E-state index is 12.5. The van der Waals surface area contributed by atoms with Crippen LogP contribution in [0.5, 0.6) is 0 Å². The fourth-order valence-corrected chi connectivity index (χ4v) is 4.65. The highest BCUT2D eigenvalue weighted by atomic mass is 16.2. The number of fused-ring (bicyclic) bond motifs is 1. The third-order valence-electron chi connectivity index (χ3n) is 6.41. The first-order valence-electron chi connectivity index (χ1n) is 10.9. The van der Waals surface area contributed by atoms with Crippen molar-refractivity contribution in [3.63, 3.8) is 0 Å². The van der Waals surface area contributed by atoms with Crippen LogP contribution in [0.1, 0.15) is 31.4 Å². The Morgan fingerprint density at radius 2 is 1.93 bits per heavy atom. The number of hydrogen-bond donors (Lipinski definition) is 1. The molecule has 0 radical (unpaired) electrons. The van der Waals surface area contributed by atoms with Crippen molar-refractivity contribution in [1.29, 1.82) is 0 Å². The number of piperidine rings is 1. The fraction of sp³-hybridized carbons (Fsp3) is 0.565. The molecule has 1 aromatic heterocycles. The summed E-state index contributed by atoms with van der Waals surface area (Å²) in [7, 11) is 2.11. The molecule has 0 bridgehead atoms. The van der Waals surface area contributed by atoms with Crippen molar-refractivity contribution >= 4 is 16.8 Å². The largest absolute Gasteiger partial charge is 0.357 e. The molecule has 2 fully saturated rings. The summed E-state index contributed by atoms with van der Waals surface area (Å²) in [5.41, 5.74) is 1.96. The zero-order chi connectivity index (χ0) is 20.2. The van der Waals surface area contributed by atoms with Crippen LogP contribution in [0.3, 0.4) is 0 Å². The molecular weight excluding hydrogens is 364 g/mol. The van der Waals surface area contributed by atoms with E-state index in [1.165, 1.54) is 6.42 Å². The van der Waals surface area contributed by atoms with Gasteiger partial charge in [0.2, 0.25) is 5.91 Å². The number of hydrogen-bond acceptors (Lipinski definition) is 4. The van der Waals surface area contributed by atoms with Gasteiger partial charge in [-0.25, -0.2) is 0 Å². The third kappa shape index (κ3) is 5.06. The van der Waals surface area contributed by atoms with E-state index < -0.39 is 0 Å². The Kier molecular flexibility index (Phi) is 6.31. The Bertz CT molecular complexity index is 901. The summed E-state index contributed by atoms with van der Waals surface area (Å²) < 4.78 is 0. The first kappa shape index (κ1) is 20.1. The zero-order valence-corrected chi connectivity index (χ0v) is 17.4. The molecule has 0 unspecified atom stereocenters. The molecule has 0 saturated carbocycles. The molecule has 2 saturated heterocycles. The lowest BCUT2D eigenvalue weighted by molar-refractivity contribution is -0.133. The summed E-state index contributed by atoms with van der Waals surface area (Å²) in [6.07, 6.45) is 3.98. The summed E-state index contributed by atoms with van der Waals surface area (Å²) in [5.74, 6) is 0.876. The standard InChI is InChI=1S/C23H32N4O2/c1-25-11-13-27(14-12-25)23(29)9-8-18-5-4-10-26(16-18)17-19-15-22(28)20-6-2-3-7-21(20)24-19/h2-3,6-7,15,18H,4-5,8-14,16-17H2,1H3,(H,24,28)/t18-/m1/s1. The normalized spacial score (nSPS) is 21.6. The summed E-state index contributed by atoms with van der Waals surface area (Å²) in [5, 5.41) is 0.746. The van der Waals surface area contributed by atoms with Crippen LogP contribution in [0.25, 0.3) is 10.9 Å². The SMILES string of the molecule is CN1CCN(C(=O)CC[C@H]2CCCN(Cc3cc(=O)c4ccccc4[nH]3)C2)CC1. The van der Waals surface area contributed by atoms with Crippen LogP contribution in [-0.2, 0) is 11.3 Å². The molecule has 3 heterocycles. The fourth-order valence-electron chi connectivity index (χ4n) is 4.65. The summed E-state index contributed by atoms with van der Waals surface area (Å²) >= 11 is 0. The van der Waals surface area contributed by atoms with Crippen molar-refractivity contribution in [2.75, 3.05) is 46.3 Å². The number of aromatic nitrogens is 1. The molecule has 1 N–H and O–H groups in total. The van der Waals surface area contributed by atoms with Crippen LogP contribution in [0.15, 0.2) is 35.1 Å². The van der Waals surface area contributed by atoms with Gasteiger partial charge in [-0.15, -0.1) is 0 Å². The van der Waals surface area contributed by atoms with Gasteiger partial charge in [-0.3, -0.25) is 14.5 Å². The maximum absolute atomic E-state index is 12.5. The molecule has 6 nitrogen and oxygen atoms in total. The van der Waals surface area contributed by atoms with Gasteiger partial charge < -0.3 is 14.8 Å². The number of para-hydroxylation sites is 1. The summed E-state index contributed by atoms with van der Waals surface area (Å²) in [4.78, 5) is 35.1. The van der Waals surface area contributed by atoms with E-state index in [0.717, 1.165) is 75.3 Å². The second-order valence-corrected chi connectivity index (χ2v) is 8.67. The molecular formula is C23H32N4O2. The Morgan fingerprint density at radius 1 is 1.14 bits per heavy atom. The number of likely N-dealkylation sites (N-methyl/N-ethyl adjacent to an activating group) is 1. The molecule has 1 atom stereocenters. The van der Waals surface area contributed by atoms with Gasteiger partial charge in [0.1, 0.15) is 0 Å². The molecule has 0 aliphatic carbocycles. The van der Waals surface area contributed by atoms with E-state index in [-0.39, 0.29) is 5.43 Å². The average Bonchev–Trinajstić information content (AvgIpc) is 2.73. The van der Waals surface area contributed by atoms with E-state index in [1.54, 1.807) is 6.07 Å². The smallest absolute Gasteiger partial charge is 0.222 e. The van der Waals surface area contributed by atoms with Gasteiger partial charge in [0, 0.05) is 68.4 Å². The predicted molar refractivity (Wildman–Crippen MR) is 116 cm³/mol. The van der Waals surface area contributed by atoms with Gasteiger partial charge >= 0.3 is 0 Å². The monoisotopic (exact) mass is 396 g/mol. The van der Waals surface area contributed by atoms with E-state index in [9.17, 15) is 9.59 Å². The molecule has 1 amide bonds. The van der Waals surface area contributed by atoms with Crippen molar-refractivity contribution in [2.45, 2.75) is 32.2 Å². The maximum Gasteiger partial charge on any atom is 0.222 e. The molecule has 4 rings (SSSR count).